The first-order valence-corrected chi connectivity index (χ1v) is 5.38. The lowest BCUT2D eigenvalue weighted by molar-refractivity contribution is -0.141. The number of carbonyl (C=O) groups is 1. The molecular weight excluding hydrogens is 202 g/mol. The predicted molar refractivity (Wildman–Crippen MR) is 64.2 cm³/mol. The van der Waals surface area contributed by atoms with Crippen molar-refractivity contribution in [2.24, 2.45) is 11.1 Å². The van der Waals surface area contributed by atoms with Gasteiger partial charge in [-0.05, 0) is 16.5 Å². The van der Waals surface area contributed by atoms with Gasteiger partial charge < -0.3 is 10.8 Å². The summed E-state index contributed by atoms with van der Waals surface area (Å²) in [5.41, 5.74) is 7.05. The Bertz CT molecular complexity index is 380. The van der Waals surface area contributed by atoms with Gasteiger partial charge in [-0.1, -0.05) is 45.0 Å². The molecule has 0 saturated carbocycles. The second kappa shape index (κ2) is 4.66. The van der Waals surface area contributed by atoms with Crippen LogP contribution in [0, 0.1) is 5.41 Å². The van der Waals surface area contributed by atoms with E-state index in [1.54, 1.807) is 0 Å². The summed E-state index contributed by atoms with van der Waals surface area (Å²) in [6.45, 7) is 6.16. The van der Waals surface area contributed by atoms with Crippen molar-refractivity contribution in [3.63, 3.8) is 0 Å². The van der Waals surface area contributed by atoms with E-state index >= 15 is 0 Å². The first-order chi connectivity index (χ1) is 7.38. The van der Waals surface area contributed by atoms with Crippen LogP contribution in [0.3, 0.4) is 0 Å². The molecule has 0 spiro atoms. The van der Waals surface area contributed by atoms with Gasteiger partial charge in [0, 0.05) is 6.54 Å². The number of carboxylic acids is 1. The molecule has 1 aromatic carbocycles. The predicted octanol–water partition coefficient (Wildman–Crippen LogP) is 2.36. The van der Waals surface area contributed by atoms with Crippen LogP contribution in [-0.2, 0) is 11.3 Å². The summed E-state index contributed by atoms with van der Waals surface area (Å²) in [4.78, 5) is 11.4. The molecular formula is C13H19NO2. The number of rotatable bonds is 3. The molecule has 1 unspecified atom stereocenters. The van der Waals surface area contributed by atoms with E-state index in [2.05, 4.69) is 0 Å². The molecule has 0 amide bonds. The minimum Gasteiger partial charge on any atom is -0.481 e. The van der Waals surface area contributed by atoms with E-state index in [0.717, 1.165) is 11.1 Å². The van der Waals surface area contributed by atoms with Crippen molar-refractivity contribution in [2.75, 3.05) is 0 Å². The van der Waals surface area contributed by atoms with E-state index in [9.17, 15) is 9.90 Å². The third kappa shape index (κ3) is 2.61. The summed E-state index contributed by atoms with van der Waals surface area (Å²) in [5, 5.41) is 9.34. The molecule has 0 radical (unpaired) electrons. The number of aliphatic carboxylic acids is 1. The monoisotopic (exact) mass is 221 g/mol. The Morgan fingerprint density at radius 2 is 1.94 bits per heavy atom. The Morgan fingerprint density at radius 3 is 2.38 bits per heavy atom. The molecule has 88 valence electrons. The number of nitrogens with two attached hydrogens (primary N) is 1. The first-order valence-electron chi connectivity index (χ1n) is 5.38. The topological polar surface area (TPSA) is 63.3 Å². The molecule has 0 aliphatic rings. The van der Waals surface area contributed by atoms with Gasteiger partial charge >= 0.3 is 5.97 Å². The average Bonchev–Trinajstić information content (AvgIpc) is 2.15. The van der Waals surface area contributed by atoms with Gasteiger partial charge in [-0.15, -0.1) is 0 Å². The highest BCUT2D eigenvalue weighted by Gasteiger charge is 2.33. The van der Waals surface area contributed by atoms with E-state index in [0.29, 0.717) is 6.54 Å². The lowest BCUT2D eigenvalue weighted by atomic mass is 9.75. The van der Waals surface area contributed by atoms with Crippen LogP contribution in [0.15, 0.2) is 24.3 Å². The molecule has 1 aromatic rings. The average molecular weight is 221 g/mol. The Hall–Kier alpha value is -1.35. The van der Waals surface area contributed by atoms with Crippen molar-refractivity contribution < 1.29 is 9.90 Å². The minimum absolute atomic E-state index is 0.322. The van der Waals surface area contributed by atoms with Crippen molar-refractivity contribution in [1.82, 2.24) is 0 Å². The normalized spacial score (nSPS) is 13.5. The zero-order valence-corrected chi connectivity index (χ0v) is 10.0. The number of carboxylic acid groups (broad SMARTS) is 1. The van der Waals surface area contributed by atoms with Gasteiger partial charge in [0.15, 0.2) is 0 Å². The molecule has 0 saturated heterocycles. The van der Waals surface area contributed by atoms with Crippen LogP contribution < -0.4 is 5.73 Å². The molecule has 3 N–H and O–H groups in total. The standard InChI is InChI=1S/C13H19NO2/c1-13(2,3)11(12(15)16)10-7-5-4-6-9(10)8-14/h4-7,11H,8,14H2,1-3H3,(H,15,16). The summed E-state index contributed by atoms with van der Waals surface area (Å²) >= 11 is 0. The number of hydrogen-bond donors (Lipinski definition) is 2. The quantitative estimate of drug-likeness (QED) is 0.823. The summed E-state index contributed by atoms with van der Waals surface area (Å²) < 4.78 is 0. The van der Waals surface area contributed by atoms with E-state index in [4.69, 9.17) is 5.73 Å². The van der Waals surface area contributed by atoms with Crippen LogP contribution in [0.5, 0.6) is 0 Å². The Morgan fingerprint density at radius 1 is 1.38 bits per heavy atom. The van der Waals surface area contributed by atoms with E-state index in [1.807, 2.05) is 45.0 Å². The maximum Gasteiger partial charge on any atom is 0.311 e. The summed E-state index contributed by atoms with van der Waals surface area (Å²) in [6, 6.07) is 7.48. The van der Waals surface area contributed by atoms with Crippen molar-refractivity contribution in [3.8, 4) is 0 Å². The van der Waals surface area contributed by atoms with E-state index in [1.165, 1.54) is 0 Å². The lowest BCUT2D eigenvalue weighted by Gasteiger charge is -2.28. The third-order valence-corrected chi connectivity index (χ3v) is 2.70. The fourth-order valence-corrected chi connectivity index (χ4v) is 1.97. The fraction of sp³-hybridized carbons (Fsp3) is 0.462. The zero-order chi connectivity index (χ0) is 12.3. The van der Waals surface area contributed by atoms with Gasteiger partial charge in [-0.3, -0.25) is 4.79 Å². The fourth-order valence-electron chi connectivity index (χ4n) is 1.97. The molecule has 1 rings (SSSR count). The van der Waals surface area contributed by atoms with Crippen LogP contribution in [0.1, 0.15) is 37.8 Å². The van der Waals surface area contributed by atoms with Gasteiger partial charge in [0.2, 0.25) is 0 Å². The number of hydrogen-bond acceptors (Lipinski definition) is 2. The molecule has 0 aromatic heterocycles. The van der Waals surface area contributed by atoms with E-state index < -0.39 is 11.9 Å². The Kier molecular flexibility index (Phi) is 3.70. The van der Waals surface area contributed by atoms with Crippen LogP contribution in [-0.4, -0.2) is 11.1 Å². The molecule has 3 heteroatoms. The summed E-state index contributed by atoms with van der Waals surface area (Å²) in [6.07, 6.45) is 0. The molecule has 0 aliphatic carbocycles. The van der Waals surface area contributed by atoms with Crippen molar-refractivity contribution in [2.45, 2.75) is 33.2 Å². The third-order valence-electron chi connectivity index (χ3n) is 2.70. The molecule has 0 aliphatic heterocycles. The van der Waals surface area contributed by atoms with Gasteiger partial charge in [-0.2, -0.15) is 0 Å². The largest absolute Gasteiger partial charge is 0.481 e. The van der Waals surface area contributed by atoms with Gasteiger partial charge in [0.1, 0.15) is 0 Å². The molecule has 0 bridgehead atoms. The SMILES string of the molecule is CC(C)(C)C(C(=O)O)c1ccccc1CN. The van der Waals surface area contributed by atoms with Crippen molar-refractivity contribution >= 4 is 5.97 Å². The van der Waals surface area contributed by atoms with E-state index in [-0.39, 0.29) is 5.41 Å². The molecule has 3 nitrogen and oxygen atoms in total. The van der Waals surface area contributed by atoms with Gasteiger partial charge in [0.25, 0.3) is 0 Å². The molecule has 16 heavy (non-hydrogen) atoms. The highest BCUT2D eigenvalue weighted by molar-refractivity contribution is 5.77. The van der Waals surface area contributed by atoms with Crippen LogP contribution in [0.2, 0.25) is 0 Å². The highest BCUT2D eigenvalue weighted by atomic mass is 16.4. The summed E-state index contributed by atoms with van der Waals surface area (Å²) in [5.74, 6) is -1.32. The van der Waals surface area contributed by atoms with Gasteiger partial charge in [-0.25, -0.2) is 0 Å². The minimum atomic E-state index is -0.798. The Labute approximate surface area is 96.3 Å². The van der Waals surface area contributed by atoms with Gasteiger partial charge in [0.05, 0.1) is 5.92 Å². The molecule has 0 fully saturated rings. The second-order valence-electron chi connectivity index (χ2n) is 5.04. The molecule has 0 heterocycles. The second-order valence-corrected chi connectivity index (χ2v) is 5.04. The smallest absolute Gasteiger partial charge is 0.311 e. The van der Waals surface area contributed by atoms with Crippen LogP contribution in [0.4, 0.5) is 0 Å². The summed E-state index contributed by atoms with van der Waals surface area (Å²) in [7, 11) is 0. The number of benzene rings is 1. The van der Waals surface area contributed by atoms with Crippen molar-refractivity contribution in [1.29, 1.82) is 0 Å². The maximum absolute atomic E-state index is 11.4. The highest BCUT2D eigenvalue weighted by Crippen LogP contribution is 2.36. The molecule has 1 atom stereocenters. The Balaban J connectivity index is 3.27. The maximum atomic E-state index is 11.4. The lowest BCUT2D eigenvalue weighted by Crippen LogP contribution is -2.27. The first kappa shape index (κ1) is 12.7. The van der Waals surface area contributed by atoms with Crippen molar-refractivity contribution in [3.05, 3.63) is 35.4 Å². The van der Waals surface area contributed by atoms with Crippen LogP contribution >= 0.6 is 0 Å². The zero-order valence-electron chi connectivity index (χ0n) is 10.0. The van der Waals surface area contributed by atoms with Crippen LogP contribution in [0.25, 0.3) is 0 Å².